The molecule has 0 aliphatic carbocycles. The van der Waals surface area contributed by atoms with Gasteiger partial charge in [0.2, 0.25) is 0 Å². The maximum atomic E-state index is 11.9. The van der Waals surface area contributed by atoms with Gasteiger partial charge in [-0.25, -0.2) is 4.79 Å². The summed E-state index contributed by atoms with van der Waals surface area (Å²) in [5.74, 6) is -0.204. The highest BCUT2D eigenvalue weighted by molar-refractivity contribution is 6.04. The van der Waals surface area contributed by atoms with Crippen molar-refractivity contribution in [2.45, 2.75) is 25.9 Å². The molecule has 1 fully saturated rings. The zero-order valence-corrected chi connectivity index (χ0v) is 10.0. The third kappa shape index (κ3) is 2.18. The molecule has 1 saturated heterocycles. The molecule has 1 aromatic carbocycles. The fourth-order valence-corrected chi connectivity index (χ4v) is 1.93. The molecule has 0 bridgehead atoms. The maximum absolute atomic E-state index is 11.9. The second kappa shape index (κ2) is 4.88. The number of imide groups is 1. The van der Waals surface area contributed by atoms with Crippen LogP contribution in [0.15, 0.2) is 24.3 Å². The summed E-state index contributed by atoms with van der Waals surface area (Å²) in [5, 5.41) is 11.4. The number of nitrogens with one attached hydrogen (secondary N) is 1. The van der Waals surface area contributed by atoms with Gasteiger partial charge in [0.1, 0.15) is 6.04 Å². The monoisotopic (exact) mass is 243 g/mol. The van der Waals surface area contributed by atoms with Crippen molar-refractivity contribution in [1.29, 1.82) is 5.26 Å². The highest BCUT2D eigenvalue weighted by Gasteiger charge is 2.36. The lowest BCUT2D eigenvalue weighted by atomic mass is 10.1. The average molecular weight is 243 g/mol. The van der Waals surface area contributed by atoms with Crippen LogP contribution in [0, 0.1) is 11.3 Å². The number of nitrogens with zero attached hydrogens (tertiary/aromatic N) is 2. The van der Waals surface area contributed by atoms with Crippen LogP contribution in [0.5, 0.6) is 0 Å². The summed E-state index contributed by atoms with van der Waals surface area (Å²) in [6.07, 6.45) is 0.583. The first kappa shape index (κ1) is 12.1. The molecule has 0 radical (unpaired) electrons. The van der Waals surface area contributed by atoms with Gasteiger partial charge in [-0.15, -0.1) is 0 Å². The van der Waals surface area contributed by atoms with E-state index in [-0.39, 0.29) is 18.5 Å². The van der Waals surface area contributed by atoms with Crippen LogP contribution in [0.4, 0.5) is 4.79 Å². The number of urea groups is 1. The van der Waals surface area contributed by atoms with Crippen molar-refractivity contribution in [3.05, 3.63) is 35.4 Å². The van der Waals surface area contributed by atoms with Crippen LogP contribution in [-0.4, -0.2) is 22.9 Å². The Morgan fingerprint density at radius 1 is 1.44 bits per heavy atom. The third-order valence-electron chi connectivity index (χ3n) is 2.91. The molecular weight excluding hydrogens is 230 g/mol. The Balaban J connectivity index is 2.16. The molecule has 1 atom stereocenters. The van der Waals surface area contributed by atoms with Gasteiger partial charge < -0.3 is 5.32 Å². The molecule has 1 aromatic rings. The second-order valence-corrected chi connectivity index (χ2v) is 4.15. The van der Waals surface area contributed by atoms with Crippen LogP contribution in [0.25, 0.3) is 0 Å². The Kier molecular flexibility index (Phi) is 3.28. The molecule has 1 unspecified atom stereocenters. The van der Waals surface area contributed by atoms with Crippen LogP contribution >= 0.6 is 0 Å². The minimum absolute atomic E-state index is 0.204. The van der Waals surface area contributed by atoms with Gasteiger partial charge in [0.05, 0.1) is 18.2 Å². The first-order valence-corrected chi connectivity index (χ1v) is 5.76. The SMILES string of the molecule is CCC1NC(=O)N(Cc2cccc(C#N)c2)C1=O. The molecular formula is C13H13N3O2. The fraction of sp³-hybridized carbons (Fsp3) is 0.308. The largest absolute Gasteiger partial charge is 0.326 e. The van der Waals surface area contributed by atoms with Gasteiger partial charge in [-0.05, 0) is 24.1 Å². The first-order chi connectivity index (χ1) is 8.65. The van der Waals surface area contributed by atoms with Crippen molar-refractivity contribution in [3.63, 3.8) is 0 Å². The van der Waals surface area contributed by atoms with Crippen LogP contribution in [0.1, 0.15) is 24.5 Å². The van der Waals surface area contributed by atoms with Crippen molar-refractivity contribution in [2.24, 2.45) is 0 Å². The molecule has 0 aromatic heterocycles. The molecule has 5 heteroatoms. The predicted octanol–water partition coefficient (Wildman–Crippen LogP) is 1.39. The highest BCUT2D eigenvalue weighted by atomic mass is 16.2. The van der Waals surface area contributed by atoms with E-state index in [0.29, 0.717) is 12.0 Å². The van der Waals surface area contributed by atoms with Crippen LogP contribution in [0.2, 0.25) is 0 Å². The fourth-order valence-electron chi connectivity index (χ4n) is 1.93. The quantitative estimate of drug-likeness (QED) is 0.815. The van der Waals surface area contributed by atoms with Gasteiger partial charge in [-0.1, -0.05) is 19.1 Å². The van der Waals surface area contributed by atoms with E-state index in [9.17, 15) is 9.59 Å². The lowest BCUT2D eigenvalue weighted by molar-refractivity contribution is -0.127. The minimum Gasteiger partial charge on any atom is -0.326 e. The summed E-state index contributed by atoms with van der Waals surface area (Å²) < 4.78 is 0. The molecule has 1 aliphatic rings. The Morgan fingerprint density at radius 2 is 2.22 bits per heavy atom. The minimum atomic E-state index is -0.420. The lowest BCUT2D eigenvalue weighted by Crippen LogP contribution is -2.30. The Bertz CT molecular complexity index is 533. The normalized spacial score (nSPS) is 18.7. The molecule has 92 valence electrons. The lowest BCUT2D eigenvalue weighted by Gasteiger charge is -2.12. The van der Waals surface area contributed by atoms with Crippen molar-refractivity contribution >= 4 is 11.9 Å². The Hall–Kier alpha value is -2.35. The van der Waals surface area contributed by atoms with E-state index in [4.69, 9.17) is 5.26 Å². The number of hydrogen-bond acceptors (Lipinski definition) is 3. The zero-order chi connectivity index (χ0) is 13.1. The number of carbonyl (C=O) groups excluding carboxylic acids is 2. The average Bonchev–Trinajstić information content (AvgIpc) is 2.66. The van der Waals surface area contributed by atoms with Crippen LogP contribution < -0.4 is 5.32 Å². The summed E-state index contributed by atoms with van der Waals surface area (Å²) in [6, 6.07) is 8.14. The number of nitriles is 1. The predicted molar refractivity (Wildman–Crippen MR) is 64.3 cm³/mol. The van der Waals surface area contributed by atoms with Crippen molar-refractivity contribution < 1.29 is 9.59 Å². The van der Waals surface area contributed by atoms with Crippen molar-refractivity contribution in [1.82, 2.24) is 10.2 Å². The molecule has 1 heterocycles. The molecule has 0 spiro atoms. The molecule has 1 aliphatic heterocycles. The summed E-state index contributed by atoms with van der Waals surface area (Å²) in [7, 11) is 0. The van der Waals surface area contributed by atoms with Gasteiger partial charge in [-0.2, -0.15) is 5.26 Å². The summed E-state index contributed by atoms with van der Waals surface area (Å²) in [5.41, 5.74) is 1.29. The third-order valence-corrected chi connectivity index (χ3v) is 2.91. The smallest absolute Gasteiger partial charge is 0.325 e. The maximum Gasteiger partial charge on any atom is 0.325 e. The van der Waals surface area contributed by atoms with Crippen LogP contribution in [-0.2, 0) is 11.3 Å². The summed E-state index contributed by atoms with van der Waals surface area (Å²) in [6.45, 7) is 2.05. The van der Waals surface area contributed by atoms with Gasteiger partial charge in [0.15, 0.2) is 0 Å². The standard InChI is InChI=1S/C13H13N3O2/c1-2-11-12(17)16(13(18)15-11)8-10-5-3-4-9(6-10)7-14/h3-6,11H,2,8H2,1H3,(H,15,18). The summed E-state index contributed by atoms with van der Waals surface area (Å²) in [4.78, 5) is 24.7. The molecule has 2 rings (SSSR count). The Labute approximate surface area is 105 Å². The van der Waals surface area contributed by atoms with E-state index in [1.165, 1.54) is 4.90 Å². The van der Waals surface area contributed by atoms with Crippen LogP contribution in [0.3, 0.4) is 0 Å². The topological polar surface area (TPSA) is 73.2 Å². The van der Waals surface area contributed by atoms with E-state index >= 15 is 0 Å². The van der Waals surface area contributed by atoms with Gasteiger partial charge >= 0.3 is 6.03 Å². The van der Waals surface area contributed by atoms with Gasteiger partial charge in [-0.3, -0.25) is 9.69 Å². The zero-order valence-electron chi connectivity index (χ0n) is 10.0. The molecule has 3 amide bonds. The number of benzene rings is 1. The van der Waals surface area contributed by atoms with Crippen molar-refractivity contribution in [3.8, 4) is 6.07 Å². The molecule has 18 heavy (non-hydrogen) atoms. The number of rotatable bonds is 3. The molecule has 0 saturated carbocycles. The van der Waals surface area contributed by atoms with Crippen molar-refractivity contribution in [2.75, 3.05) is 0 Å². The number of hydrogen-bond donors (Lipinski definition) is 1. The molecule has 5 nitrogen and oxygen atoms in total. The van der Waals surface area contributed by atoms with Gasteiger partial charge in [0, 0.05) is 0 Å². The second-order valence-electron chi connectivity index (χ2n) is 4.15. The first-order valence-electron chi connectivity index (χ1n) is 5.76. The van der Waals surface area contributed by atoms with E-state index in [1.807, 2.05) is 13.0 Å². The van der Waals surface area contributed by atoms with Gasteiger partial charge in [0.25, 0.3) is 5.91 Å². The van der Waals surface area contributed by atoms with E-state index in [1.54, 1.807) is 24.3 Å². The number of amides is 3. The molecule has 1 N–H and O–H groups in total. The Morgan fingerprint density at radius 3 is 2.83 bits per heavy atom. The van der Waals surface area contributed by atoms with E-state index in [2.05, 4.69) is 5.32 Å². The van der Waals surface area contributed by atoms with E-state index < -0.39 is 6.04 Å². The highest BCUT2D eigenvalue weighted by Crippen LogP contribution is 2.14. The van der Waals surface area contributed by atoms with E-state index in [0.717, 1.165) is 5.56 Å². The summed E-state index contributed by atoms with van der Waals surface area (Å²) >= 11 is 0. The number of carbonyl (C=O) groups is 2.